The first-order chi connectivity index (χ1) is 6.86. The summed E-state index contributed by atoms with van der Waals surface area (Å²) in [6.07, 6.45) is 0. The Bertz CT molecular complexity index is 344. The largest absolute Gasteiger partial charge is 0.330 e. The summed E-state index contributed by atoms with van der Waals surface area (Å²) in [7, 11) is 0. The van der Waals surface area contributed by atoms with Gasteiger partial charge in [0.2, 0.25) is 0 Å². The van der Waals surface area contributed by atoms with Crippen LogP contribution in [-0.4, -0.2) is 6.54 Å². The number of alkyl halides is 2. The monoisotopic (exact) mass is 217 g/mol. The summed E-state index contributed by atoms with van der Waals surface area (Å²) < 4.78 is 39.3. The van der Waals surface area contributed by atoms with Crippen LogP contribution in [0.4, 0.5) is 13.2 Å². The fraction of sp³-hybridized carbons (Fsp3) is 0.455. The van der Waals surface area contributed by atoms with Gasteiger partial charge in [-0.05, 0) is 30.2 Å². The molecule has 1 nitrogen and oxygen atoms in total. The lowest BCUT2D eigenvalue weighted by Gasteiger charge is -2.15. The lowest BCUT2D eigenvalue weighted by molar-refractivity contribution is 0.0173. The normalized spacial score (nSPS) is 14.0. The summed E-state index contributed by atoms with van der Waals surface area (Å²) >= 11 is 0. The van der Waals surface area contributed by atoms with E-state index in [4.69, 9.17) is 5.73 Å². The van der Waals surface area contributed by atoms with Crippen LogP contribution in [-0.2, 0) is 5.92 Å². The standard InChI is InChI=1S/C11H14F3N/c1-7(6-15)9-5-8(11(2,13)14)3-4-10(9)12/h3-5,7H,6,15H2,1-2H3. The molecule has 0 aliphatic carbocycles. The molecule has 0 saturated heterocycles. The summed E-state index contributed by atoms with van der Waals surface area (Å²) in [4.78, 5) is 0. The Balaban J connectivity index is 3.17. The lowest BCUT2D eigenvalue weighted by Crippen LogP contribution is -2.13. The Morgan fingerprint density at radius 2 is 2.00 bits per heavy atom. The molecule has 0 aromatic heterocycles. The maximum atomic E-state index is 13.3. The first-order valence-electron chi connectivity index (χ1n) is 4.74. The molecule has 1 aromatic carbocycles. The fourth-order valence-corrected chi connectivity index (χ4v) is 1.32. The minimum absolute atomic E-state index is 0.181. The van der Waals surface area contributed by atoms with Gasteiger partial charge < -0.3 is 5.73 Å². The third-order valence-corrected chi connectivity index (χ3v) is 2.39. The summed E-state index contributed by atoms with van der Waals surface area (Å²) in [5, 5.41) is 0. The van der Waals surface area contributed by atoms with Gasteiger partial charge in [0.1, 0.15) is 5.82 Å². The van der Waals surface area contributed by atoms with Gasteiger partial charge in [-0.3, -0.25) is 0 Å². The zero-order chi connectivity index (χ0) is 11.6. The topological polar surface area (TPSA) is 26.0 Å². The van der Waals surface area contributed by atoms with Gasteiger partial charge in [-0.15, -0.1) is 0 Å². The van der Waals surface area contributed by atoms with Crippen molar-refractivity contribution in [3.05, 3.63) is 35.1 Å². The van der Waals surface area contributed by atoms with E-state index in [-0.39, 0.29) is 23.6 Å². The Morgan fingerprint density at radius 1 is 1.40 bits per heavy atom. The third-order valence-electron chi connectivity index (χ3n) is 2.39. The van der Waals surface area contributed by atoms with Crippen molar-refractivity contribution in [3.63, 3.8) is 0 Å². The average Bonchev–Trinajstić information content (AvgIpc) is 2.15. The van der Waals surface area contributed by atoms with Crippen LogP contribution < -0.4 is 5.73 Å². The van der Waals surface area contributed by atoms with E-state index in [0.717, 1.165) is 19.1 Å². The van der Waals surface area contributed by atoms with Crippen LogP contribution in [0.1, 0.15) is 30.9 Å². The second-order valence-electron chi connectivity index (χ2n) is 3.76. The van der Waals surface area contributed by atoms with E-state index in [2.05, 4.69) is 0 Å². The smallest absolute Gasteiger partial charge is 0.270 e. The van der Waals surface area contributed by atoms with E-state index in [1.54, 1.807) is 6.92 Å². The van der Waals surface area contributed by atoms with Crippen LogP contribution >= 0.6 is 0 Å². The van der Waals surface area contributed by atoms with Gasteiger partial charge in [0.25, 0.3) is 5.92 Å². The SMILES string of the molecule is CC(CN)c1cc(C(C)(F)F)ccc1F. The number of hydrogen-bond donors (Lipinski definition) is 1. The van der Waals surface area contributed by atoms with Gasteiger partial charge in [-0.2, -0.15) is 0 Å². The average molecular weight is 217 g/mol. The summed E-state index contributed by atoms with van der Waals surface area (Å²) in [6, 6.07) is 3.35. The Kier molecular flexibility index (Phi) is 3.39. The molecule has 84 valence electrons. The number of nitrogens with two attached hydrogens (primary N) is 1. The van der Waals surface area contributed by atoms with E-state index >= 15 is 0 Å². The molecule has 2 N–H and O–H groups in total. The minimum atomic E-state index is -2.95. The summed E-state index contributed by atoms with van der Waals surface area (Å²) in [6.45, 7) is 2.72. The summed E-state index contributed by atoms with van der Waals surface area (Å²) in [5.41, 5.74) is 5.44. The predicted octanol–water partition coefficient (Wildman–Crippen LogP) is 3.00. The van der Waals surface area contributed by atoms with Crippen molar-refractivity contribution >= 4 is 0 Å². The Labute approximate surface area is 87.1 Å². The number of rotatable bonds is 3. The first kappa shape index (κ1) is 12.0. The van der Waals surface area contributed by atoms with Crippen molar-refractivity contribution in [2.75, 3.05) is 6.54 Å². The highest BCUT2D eigenvalue weighted by Gasteiger charge is 2.25. The van der Waals surface area contributed by atoms with Gasteiger partial charge >= 0.3 is 0 Å². The minimum Gasteiger partial charge on any atom is -0.330 e. The van der Waals surface area contributed by atoms with Crippen LogP contribution in [0.5, 0.6) is 0 Å². The molecular formula is C11H14F3N. The molecule has 0 spiro atoms. The molecule has 4 heteroatoms. The maximum absolute atomic E-state index is 13.3. The second-order valence-corrected chi connectivity index (χ2v) is 3.76. The molecule has 1 atom stereocenters. The zero-order valence-electron chi connectivity index (χ0n) is 8.73. The number of halogens is 3. The molecule has 1 unspecified atom stereocenters. The van der Waals surface area contributed by atoms with Crippen LogP contribution in [0.3, 0.4) is 0 Å². The van der Waals surface area contributed by atoms with Crippen LogP contribution in [0.2, 0.25) is 0 Å². The maximum Gasteiger partial charge on any atom is 0.270 e. The highest BCUT2D eigenvalue weighted by Crippen LogP contribution is 2.30. The molecule has 0 aliphatic heterocycles. The van der Waals surface area contributed by atoms with Gasteiger partial charge in [-0.25, -0.2) is 13.2 Å². The molecule has 0 fully saturated rings. The lowest BCUT2D eigenvalue weighted by atomic mass is 9.97. The van der Waals surface area contributed by atoms with Crippen LogP contribution in [0.15, 0.2) is 18.2 Å². The highest BCUT2D eigenvalue weighted by molar-refractivity contribution is 5.30. The highest BCUT2D eigenvalue weighted by atomic mass is 19.3. The van der Waals surface area contributed by atoms with Crippen molar-refractivity contribution in [2.24, 2.45) is 5.73 Å². The van der Waals surface area contributed by atoms with E-state index in [1.807, 2.05) is 0 Å². The molecule has 0 radical (unpaired) electrons. The van der Waals surface area contributed by atoms with Crippen molar-refractivity contribution in [2.45, 2.75) is 25.7 Å². The molecule has 0 saturated carbocycles. The molecule has 0 aliphatic rings. The quantitative estimate of drug-likeness (QED) is 0.827. The number of benzene rings is 1. The van der Waals surface area contributed by atoms with E-state index in [0.29, 0.717) is 0 Å². The van der Waals surface area contributed by atoms with Gasteiger partial charge in [0.05, 0.1) is 0 Å². The molecule has 0 heterocycles. The third kappa shape index (κ3) is 2.72. The van der Waals surface area contributed by atoms with Gasteiger partial charge in [0.15, 0.2) is 0 Å². The number of hydrogen-bond acceptors (Lipinski definition) is 1. The van der Waals surface area contributed by atoms with E-state index < -0.39 is 11.7 Å². The van der Waals surface area contributed by atoms with Gasteiger partial charge in [0, 0.05) is 12.5 Å². The molecule has 0 amide bonds. The first-order valence-corrected chi connectivity index (χ1v) is 4.74. The van der Waals surface area contributed by atoms with Crippen LogP contribution in [0.25, 0.3) is 0 Å². The fourth-order valence-electron chi connectivity index (χ4n) is 1.32. The molecular weight excluding hydrogens is 203 g/mol. The van der Waals surface area contributed by atoms with E-state index in [1.165, 1.54) is 6.07 Å². The molecule has 15 heavy (non-hydrogen) atoms. The van der Waals surface area contributed by atoms with Crippen molar-refractivity contribution < 1.29 is 13.2 Å². The van der Waals surface area contributed by atoms with Crippen molar-refractivity contribution in [1.82, 2.24) is 0 Å². The molecule has 1 rings (SSSR count). The molecule has 0 bridgehead atoms. The predicted molar refractivity (Wildman–Crippen MR) is 53.4 cm³/mol. The Morgan fingerprint density at radius 3 is 2.47 bits per heavy atom. The second kappa shape index (κ2) is 4.23. The van der Waals surface area contributed by atoms with Gasteiger partial charge in [-0.1, -0.05) is 13.0 Å². The van der Waals surface area contributed by atoms with Crippen LogP contribution in [0, 0.1) is 5.82 Å². The van der Waals surface area contributed by atoms with Crippen molar-refractivity contribution in [3.8, 4) is 0 Å². The zero-order valence-corrected chi connectivity index (χ0v) is 8.73. The van der Waals surface area contributed by atoms with Crippen molar-refractivity contribution in [1.29, 1.82) is 0 Å². The molecule has 1 aromatic rings. The summed E-state index contributed by atoms with van der Waals surface area (Å²) in [5.74, 6) is -3.69. The Hall–Kier alpha value is -1.03. The van der Waals surface area contributed by atoms with E-state index in [9.17, 15) is 13.2 Å².